The van der Waals surface area contributed by atoms with Crippen molar-refractivity contribution >= 4 is 41.1 Å². The van der Waals surface area contributed by atoms with Crippen molar-refractivity contribution in [3.05, 3.63) is 0 Å². The Morgan fingerprint density at radius 2 is 2.10 bits per heavy atom. The first-order valence-corrected chi connectivity index (χ1v) is 6.19. The largest absolute Gasteiger partial charge is 0.412 e. The number of nitrogens with zero attached hydrogens (tertiary/aromatic N) is 4. The fourth-order valence-corrected chi connectivity index (χ4v) is 2.49. The predicted octanol–water partition coefficient (Wildman–Crippen LogP) is -2.94. The molecule has 0 radical (unpaired) electrons. The minimum absolute atomic E-state index is 0. The first-order chi connectivity index (χ1) is 9.54. The lowest BCUT2D eigenvalue weighted by Crippen LogP contribution is -2.49. The quantitative estimate of drug-likeness (QED) is 0.398. The second kappa shape index (κ2) is 5.63. The maximum absolute atomic E-state index is 10.0. The molecular weight excluding hydrogens is 302 g/mol. The summed E-state index contributed by atoms with van der Waals surface area (Å²) in [6.07, 6.45) is -3.28. The molecule has 3 heterocycles. The molecule has 1 fully saturated rings. The molecule has 0 spiro atoms. The third kappa shape index (κ3) is 2.29. The van der Waals surface area contributed by atoms with Crippen molar-refractivity contribution in [3.63, 3.8) is 0 Å². The van der Waals surface area contributed by atoms with Crippen molar-refractivity contribution in [1.29, 1.82) is 5.41 Å². The van der Waals surface area contributed by atoms with Gasteiger partial charge in [-0.25, -0.2) is 15.0 Å². The van der Waals surface area contributed by atoms with Crippen LogP contribution in [0.5, 0.6) is 0 Å². The highest BCUT2D eigenvalue weighted by molar-refractivity contribution is 7.80. The van der Waals surface area contributed by atoms with Gasteiger partial charge < -0.3 is 25.5 Å². The molecule has 0 aromatic carbocycles. The number of fused-ring (bicyclic) bond motifs is 1. The van der Waals surface area contributed by atoms with Crippen LogP contribution >= 0.6 is 12.2 Å². The minimum atomic E-state index is -1.28. The Morgan fingerprint density at radius 1 is 1.38 bits per heavy atom. The molecule has 3 aliphatic rings. The summed E-state index contributed by atoms with van der Waals surface area (Å²) in [7, 11) is 0. The van der Waals surface area contributed by atoms with Crippen LogP contribution in [0.25, 0.3) is 0 Å². The van der Waals surface area contributed by atoms with E-state index in [1.807, 2.05) is 0 Å². The number of hydrogen-bond donors (Lipinski definition) is 4. The number of nitrogens with one attached hydrogen (secondary N) is 1. The number of aliphatic hydroxyl groups excluding tert-OH is 3. The lowest BCUT2D eigenvalue weighted by atomic mass is 10.1. The summed E-state index contributed by atoms with van der Waals surface area (Å²) in [6, 6.07) is 0. The lowest BCUT2D eigenvalue weighted by Gasteiger charge is -2.27. The van der Waals surface area contributed by atoms with Gasteiger partial charge in [-0.3, -0.25) is 10.3 Å². The molecule has 114 valence electrons. The molecule has 1 saturated heterocycles. The van der Waals surface area contributed by atoms with Gasteiger partial charge in [-0.05, 0) is 12.2 Å². The van der Waals surface area contributed by atoms with Gasteiger partial charge >= 0.3 is 0 Å². The highest BCUT2D eigenvalue weighted by Crippen LogP contribution is 2.27. The topological polar surface area (TPSA) is 166 Å². The number of thiocarbonyl (C=S) groups is 1. The zero-order valence-corrected chi connectivity index (χ0v) is 11.4. The molecule has 0 bridgehead atoms. The molecule has 0 aromatic rings. The molecular formula is C10H13N5O5S. The van der Waals surface area contributed by atoms with E-state index in [4.69, 9.17) is 27.5 Å². The Bertz CT molecular complexity index is 576. The molecule has 0 aliphatic carbocycles. The monoisotopic (exact) mass is 315 g/mol. The summed E-state index contributed by atoms with van der Waals surface area (Å²) >= 11 is 5.08. The molecule has 6 N–H and O–H groups in total. The van der Waals surface area contributed by atoms with Gasteiger partial charge in [-0.2, -0.15) is 0 Å². The third-order valence-corrected chi connectivity index (χ3v) is 3.50. The standard InChI is InChI=1S/C10H11N5O4S.H2O/c11-7-4-8(13-2-12-7)15(10(20)14-4)9-6(18)5(17)3(1-16)19-9;/h2-3,5-6,9,11,16-18H,1H2;1H2/t3-,5-,6-,9-;/m1./s1. The summed E-state index contributed by atoms with van der Waals surface area (Å²) in [4.78, 5) is 13.0. The Balaban J connectivity index is 0.00000161. The zero-order chi connectivity index (χ0) is 14.4. The summed E-state index contributed by atoms with van der Waals surface area (Å²) in [5, 5.41) is 36.6. The number of aliphatic imine (C=N–C) groups is 3. The molecule has 0 amide bonds. The molecule has 0 unspecified atom stereocenters. The molecule has 11 heteroatoms. The molecule has 10 nitrogen and oxygen atoms in total. The van der Waals surface area contributed by atoms with Crippen LogP contribution in [0.2, 0.25) is 0 Å². The van der Waals surface area contributed by atoms with Crippen molar-refractivity contribution in [3.8, 4) is 0 Å². The minimum Gasteiger partial charge on any atom is -0.412 e. The smallest absolute Gasteiger partial charge is 0.204 e. The van der Waals surface area contributed by atoms with Gasteiger partial charge in [0, 0.05) is 0 Å². The maximum Gasteiger partial charge on any atom is 0.204 e. The van der Waals surface area contributed by atoms with Crippen molar-refractivity contribution in [2.24, 2.45) is 15.0 Å². The summed E-state index contributed by atoms with van der Waals surface area (Å²) in [6.45, 7) is -0.438. The van der Waals surface area contributed by atoms with E-state index in [1.165, 1.54) is 11.2 Å². The SMILES string of the molecule is N=C1N=CN=C2C1=NC(=S)N2[C@@H]1O[C@H](CO)[C@@H](O)[C@H]1O.O. The van der Waals surface area contributed by atoms with Crippen LogP contribution in [0.3, 0.4) is 0 Å². The van der Waals surface area contributed by atoms with Crippen LogP contribution in [-0.4, -0.2) is 85.7 Å². The van der Waals surface area contributed by atoms with E-state index < -0.39 is 31.1 Å². The summed E-state index contributed by atoms with van der Waals surface area (Å²) < 4.78 is 5.39. The van der Waals surface area contributed by atoms with Gasteiger partial charge in [0.15, 0.2) is 23.6 Å². The highest BCUT2D eigenvalue weighted by atomic mass is 32.1. The van der Waals surface area contributed by atoms with E-state index in [1.54, 1.807) is 0 Å². The third-order valence-electron chi connectivity index (χ3n) is 3.22. The average molecular weight is 315 g/mol. The van der Waals surface area contributed by atoms with E-state index in [0.29, 0.717) is 0 Å². The van der Waals surface area contributed by atoms with Crippen LogP contribution in [0.15, 0.2) is 15.0 Å². The Morgan fingerprint density at radius 3 is 2.71 bits per heavy atom. The predicted molar refractivity (Wildman–Crippen MR) is 76.9 cm³/mol. The first-order valence-electron chi connectivity index (χ1n) is 5.78. The number of ether oxygens (including phenoxy) is 1. The molecule has 3 rings (SSSR count). The molecule has 3 aliphatic heterocycles. The van der Waals surface area contributed by atoms with Crippen molar-refractivity contribution < 1.29 is 25.5 Å². The van der Waals surface area contributed by atoms with Crippen molar-refractivity contribution in [1.82, 2.24) is 4.90 Å². The van der Waals surface area contributed by atoms with Crippen LogP contribution in [0, 0.1) is 5.41 Å². The van der Waals surface area contributed by atoms with Gasteiger partial charge in [0.2, 0.25) is 5.11 Å². The Kier molecular flexibility index (Phi) is 4.22. The number of rotatable bonds is 2. The molecule has 4 atom stereocenters. The fraction of sp³-hybridized carbons (Fsp3) is 0.500. The van der Waals surface area contributed by atoms with Crippen molar-refractivity contribution in [2.75, 3.05) is 6.61 Å². The van der Waals surface area contributed by atoms with Gasteiger partial charge in [-0.1, -0.05) is 0 Å². The lowest BCUT2D eigenvalue weighted by molar-refractivity contribution is -0.0513. The van der Waals surface area contributed by atoms with Crippen LogP contribution in [0.4, 0.5) is 0 Å². The van der Waals surface area contributed by atoms with E-state index in [2.05, 4.69) is 15.0 Å². The Hall–Kier alpha value is -1.63. The van der Waals surface area contributed by atoms with E-state index >= 15 is 0 Å². The summed E-state index contributed by atoms with van der Waals surface area (Å²) in [5.74, 6) is 0.149. The highest BCUT2D eigenvalue weighted by Gasteiger charge is 2.49. The average Bonchev–Trinajstić information content (AvgIpc) is 2.90. The van der Waals surface area contributed by atoms with Gasteiger partial charge in [0.05, 0.1) is 6.61 Å². The van der Waals surface area contributed by atoms with Crippen LogP contribution in [0.1, 0.15) is 0 Å². The van der Waals surface area contributed by atoms with Gasteiger partial charge in [0.1, 0.15) is 24.7 Å². The van der Waals surface area contributed by atoms with Gasteiger partial charge in [-0.15, -0.1) is 0 Å². The molecule has 0 aromatic heterocycles. The van der Waals surface area contributed by atoms with E-state index in [0.717, 1.165) is 0 Å². The first kappa shape index (κ1) is 15.8. The number of aliphatic hydroxyl groups is 3. The molecule has 0 saturated carbocycles. The molecule has 21 heavy (non-hydrogen) atoms. The van der Waals surface area contributed by atoms with Crippen LogP contribution < -0.4 is 0 Å². The zero-order valence-electron chi connectivity index (χ0n) is 10.5. The Labute approximate surface area is 123 Å². The normalized spacial score (nSPS) is 34.5. The number of hydrogen-bond acceptors (Lipinski definition) is 7. The van der Waals surface area contributed by atoms with E-state index in [9.17, 15) is 10.2 Å². The fourth-order valence-electron chi connectivity index (χ4n) is 2.21. The van der Waals surface area contributed by atoms with Crippen LogP contribution in [-0.2, 0) is 4.74 Å². The second-order valence-corrected chi connectivity index (χ2v) is 4.75. The van der Waals surface area contributed by atoms with E-state index in [-0.39, 0.29) is 28.0 Å². The van der Waals surface area contributed by atoms with Gasteiger partial charge in [0.25, 0.3) is 0 Å². The maximum atomic E-state index is 10.0. The van der Waals surface area contributed by atoms with Crippen molar-refractivity contribution in [2.45, 2.75) is 24.5 Å². The second-order valence-electron chi connectivity index (χ2n) is 4.39. The number of amidine groups is 2. The summed E-state index contributed by atoms with van der Waals surface area (Å²) in [5.41, 5.74) is 0.190.